The van der Waals surface area contributed by atoms with Crippen LogP contribution in [0.3, 0.4) is 0 Å². The summed E-state index contributed by atoms with van der Waals surface area (Å²) in [6.07, 6.45) is -4.41. The van der Waals surface area contributed by atoms with Crippen LogP contribution in [0.4, 0.5) is 51.9 Å². The van der Waals surface area contributed by atoms with Crippen LogP contribution in [0.5, 0.6) is 0 Å². The molecule has 2 aromatic heterocycles. The van der Waals surface area contributed by atoms with Crippen molar-refractivity contribution >= 4 is 73.2 Å². The van der Waals surface area contributed by atoms with Crippen LogP contribution in [0.2, 0.25) is 0 Å². The SMILES string of the molecule is Cc1ccc(NC(=O)c2ccc(CN3CCN(C)CC3)cc2)cc1Nc1nc(-c2cccc(C(F)(F)F)c2)cs1.Cc1ccc(NC(=O)c2ccc(CN3CCN(C)CC3)cc2)cc1Nc1nc(-c2cccc([N+](=O)[O-])c2)cs1. The number of hydrogen-bond acceptors (Lipinski definition) is 14. The molecule has 8 aromatic rings. The molecule has 408 valence electrons. The lowest BCUT2D eigenvalue weighted by molar-refractivity contribution is -0.384. The molecule has 2 fully saturated rings. The Labute approximate surface area is 464 Å². The van der Waals surface area contributed by atoms with Crippen LogP contribution in [0.1, 0.15) is 48.5 Å². The van der Waals surface area contributed by atoms with Crippen molar-refractivity contribution in [3.63, 3.8) is 0 Å². The summed E-state index contributed by atoms with van der Waals surface area (Å²) in [5, 5.41) is 28.4. The second-order valence-corrected chi connectivity index (χ2v) is 21.4. The van der Waals surface area contributed by atoms with Crippen LogP contribution < -0.4 is 21.3 Å². The number of hydrogen-bond donors (Lipinski definition) is 4. The third kappa shape index (κ3) is 15.3. The maximum absolute atomic E-state index is 13.1. The number of thiazole rings is 2. The number of nitrogens with one attached hydrogen (secondary N) is 4. The number of halogens is 3. The molecule has 0 bridgehead atoms. The van der Waals surface area contributed by atoms with E-state index in [2.05, 4.69) is 64.9 Å². The maximum atomic E-state index is 13.1. The van der Waals surface area contributed by atoms with Gasteiger partial charge in [-0.15, -0.1) is 22.7 Å². The fourth-order valence-electron chi connectivity index (χ4n) is 8.92. The first kappa shape index (κ1) is 55.9. The smallest absolute Gasteiger partial charge is 0.331 e. The minimum Gasteiger partial charge on any atom is -0.331 e. The Kier molecular flexibility index (Phi) is 17.9. The van der Waals surface area contributed by atoms with E-state index in [4.69, 9.17) is 0 Å². The summed E-state index contributed by atoms with van der Waals surface area (Å²) in [4.78, 5) is 55.1. The van der Waals surface area contributed by atoms with Crippen molar-refractivity contribution in [3.05, 3.63) is 193 Å². The zero-order valence-corrected chi connectivity index (χ0v) is 45.8. The van der Waals surface area contributed by atoms with Crippen molar-refractivity contribution in [2.45, 2.75) is 33.1 Å². The number of nitrogens with zero attached hydrogens (tertiary/aromatic N) is 7. The molecular weight excluding hydrogens is 1050 g/mol. The average molecular weight is 1110 g/mol. The highest BCUT2D eigenvalue weighted by molar-refractivity contribution is 7.14. The minimum absolute atomic E-state index is 0.0268. The standard InChI is InChI=1S/C30H30F3N5OS.C29H30N6O3S/c1-20-6-11-25(34-28(39)22-9-7-21(8-10-22)18-38-14-12-37(2)13-15-38)17-26(20)35-29-36-27(19-40-29)23-4-3-5-24(16-23)30(31,32)33;1-20-6-11-24(30-28(36)22-9-7-21(8-10-22)18-34-14-12-33(2)13-15-34)17-26(20)31-29-32-27(19-39-29)23-4-3-5-25(16-23)35(37)38/h3-11,16-17,19H,12-15,18H2,1-2H3,(H,34,39)(H,35,36);3-11,16-17,19H,12-15,18H2,1-2H3,(H,30,36)(H,31,32). The van der Waals surface area contributed by atoms with Crippen molar-refractivity contribution in [1.82, 2.24) is 29.6 Å². The number of rotatable bonds is 15. The number of nitro benzene ring substituents is 1. The second kappa shape index (κ2) is 25.3. The van der Waals surface area contributed by atoms with Crippen LogP contribution in [0, 0.1) is 24.0 Å². The summed E-state index contributed by atoms with van der Waals surface area (Å²) in [7, 11) is 4.28. The van der Waals surface area contributed by atoms with E-state index in [-0.39, 0.29) is 17.5 Å². The quantitative estimate of drug-likeness (QED) is 0.0568. The largest absolute Gasteiger partial charge is 0.416 e. The van der Waals surface area contributed by atoms with Crippen molar-refractivity contribution in [1.29, 1.82) is 0 Å². The van der Waals surface area contributed by atoms with E-state index in [1.54, 1.807) is 23.6 Å². The summed E-state index contributed by atoms with van der Waals surface area (Å²) in [5.74, 6) is -0.375. The molecule has 0 unspecified atom stereocenters. The molecule has 0 spiro atoms. The van der Waals surface area contributed by atoms with Crippen LogP contribution in [0.15, 0.2) is 144 Å². The lowest BCUT2D eigenvalue weighted by Gasteiger charge is -2.32. The van der Waals surface area contributed by atoms with Gasteiger partial charge in [0.25, 0.3) is 17.5 Å². The number of aryl methyl sites for hydroxylation is 2. The molecule has 2 aliphatic heterocycles. The van der Waals surface area contributed by atoms with Gasteiger partial charge in [-0.1, -0.05) is 60.7 Å². The summed E-state index contributed by atoms with van der Waals surface area (Å²) in [5.41, 5.74) is 9.83. The summed E-state index contributed by atoms with van der Waals surface area (Å²) < 4.78 is 39.3. The lowest BCUT2D eigenvalue weighted by atomic mass is 10.1. The zero-order chi connectivity index (χ0) is 55.6. The molecule has 0 aliphatic carbocycles. The molecule has 0 saturated carbocycles. The Morgan fingerprint density at radius 3 is 1.44 bits per heavy atom. The van der Waals surface area contributed by atoms with Crippen LogP contribution in [-0.2, 0) is 19.3 Å². The molecule has 0 radical (unpaired) electrons. The first-order valence-electron chi connectivity index (χ1n) is 25.7. The van der Waals surface area contributed by atoms with Gasteiger partial charge in [0.2, 0.25) is 0 Å². The monoisotopic (exact) mass is 1110 g/mol. The van der Waals surface area contributed by atoms with Crippen LogP contribution in [0.25, 0.3) is 22.5 Å². The molecule has 20 heteroatoms. The number of carbonyl (C=O) groups excluding carboxylic acids is 2. The average Bonchev–Trinajstić information content (AvgIpc) is 4.17. The van der Waals surface area contributed by atoms with Gasteiger partial charge < -0.3 is 31.1 Å². The van der Waals surface area contributed by atoms with Gasteiger partial charge >= 0.3 is 6.18 Å². The number of amides is 2. The summed E-state index contributed by atoms with van der Waals surface area (Å²) in [6.45, 7) is 14.1. The molecule has 2 amide bonds. The van der Waals surface area contributed by atoms with Crippen molar-refractivity contribution in [2.24, 2.45) is 0 Å². The Morgan fingerprint density at radius 1 is 0.582 bits per heavy atom. The van der Waals surface area contributed by atoms with E-state index >= 15 is 0 Å². The van der Waals surface area contributed by atoms with E-state index in [1.165, 1.54) is 52.0 Å². The number of aromatic nitrogens is 2. The molecule has 4 heterocycles. The van der Waals surface area contributed by atoms with E-state index in [0.717, 1.165) is 100 Å². The molecule has 79 heavy (non-hydrogen) atoms. The molecule has 10 rings (SSSR count). The Morgan fingerprint density at radius 2 is 1.01 bits per heavy atom. The number of carbonyl (C=O) groups is 2. The lowest BCUT2D eigenvalue weighted by Crippen LogP contribution is -2.43. The van der Waals surface area contributed by atoms with Crippen LogP contribution in [-0.4, -0.2) is 113 Å². The van der Waals surface area contributed by atoms with Gasteiger partial charge in [0, 0.05) is 133 Å². The molecule has 2 aliphatic rings. The van der Waals surface area contributed by atoms with Gasteiger partial charge in [-0.2, -0.15) is 13.2 Å². The fourth-order valence-corrected chi connectivity index (χ4v) is 10.4. The van der Waals surface area contributed by atoms with Gasteiger partial charge in [-0.25, -0.2) is 9.97 Å². The highest BCUT2D eigenvalue weighted by Gasteiger charge is 2.30. The highest BCUT2D eigenvalue weighted by Crippen LogP contribution is 2.35. The number of nitro groups is 1. The Hall–Kier alpha value is -7.85. The molecule has 0 atom stereocenters. The normalized spacial score (nSPS) is 14.5. The van der Waals surface area contributed by atoms with Crippen molar-refractivity contribution < 1.29 is 27.7 Å². The predicted octanol–water partition coefficient (Wildman–Crippen LogP) is 12.7. The molecule has 6 aromatic carbocycles. The second-order valence-electron chi connectivity index (χ2n) is 19.7. The summed E-state index contributed by atoms with van der Waals surface area (Å²) in [6, 6.07) is 38.3. The highest BCUT2D eigenvalue weighted by atomic mass is 32.1. The molecule has 2 saturated heterocycles. The first-order chi connectivity index (χ1) is 38.0. The van der Waals surface area contributed by atoms with E-state index < -0.39 is 16.7 Å². The Bertz CT molecular complexity index is 3410. The van der Waals surface area contributed by atoms with E-state index in [9.17, 15) is 32.9 Å². The third-order valence-corrected chi connectivity index (χ3v) is 15.3. The molecule has 4 N–H and O–H groups in total. The number of non-ortho nitro benzene ring substituents is 1. The van der Waals surface area contributed by atoms with Crippen molar-refractivity contribution in [2.75, 3.05) is 87.7 Å². The topological polar surface area (TPSA) is 164 Å². The van der Waals surface area contributed by atoms with Gasteiger partial charge in [-0.3, -0.25) is 29.5 Å². The number of piperazine rings is 2. The first-order valence-corrected chi connectivity index (χ1v) is 27.5. The number of likely N-dealkylation sites (N-methyl/N-ethyl adjacent to an activating group) is 2. The van der Waals surface area contributed by atoms with Gasteiger partial charge in [-0.05, 0) is 111 Å². The zero-order valence-electron chi connectivity index (χ0n) is 44.1. The Balaban J connectivity index is 0.000000192. The van der Waals surface area contributed by atoms with Crippen molar-refractivity contribution in [3.8, 4) is 22.5 Å². The van der Waals surface area contributed by atoms with Gasteiger partial charge in [0.15, 0.2) is 10.3 Å². The third-order valence-electron chi connectivity index (χ3n) is 13.8. The van der Waals surface area contributed by atoms with E-state index in [0.29, 0.717) is 55.3 Å². The number of alkyl halides is 3. The number of benzene rings is 6. The predicted molar refractivity (Wildman–Crippen MR) is 310 cm³/mol. The molecular formula is C59H60F3N11O4S2. The maximum Gasteiger partial charge on any atom is 0.416 e. The minimum atomic E-state index is -4.41. The summed E-state index contributed by atoms with van der Waals surface area (Å²) >= 11 is 2.70. The number of anilines is 6. The fraction of sp³-hybridized carbons (Fsp3) is 0.254. The van der Waals surface area contributed by atoms with Gasteiger partial charge in [0.1, 0.15) is 0 Å². The molecule has 15 nitrogen and oxygen atoms in total. The van der Waals surface area contributed by atoms with Gasteiger partial charge in [0.05, 0.1) is 21.9 Å². The van der Waals surface area contributed by atoms with E-state index in [1.807, 2.05) is 104 Å². The van der Waals surface area contributed by atoms with Crippen LogP contribution >= 0.6 is 22.7 Å².